The third-order valence-corrected chi connectivity index (χ3v) is 16.1. The van der Waals surface area contributed by atoms with Crippen LogP contribution in [0.15, 0.2) is 206 Å². The van der Waals surface area contributed by atoms with Crippen molar-refractivity contribution in [2.45, 2.75) is 105 Å². The van der Waals surface area contributed by atoms with Gasteiger partial charge in [0.2, 0.25) is 0 Å². The molecule has 12 rings (SSSR count). The first-order chi connectivity index (χ1) is 36.2. The zero-order chi connectivity index (χ0) is 53.1. The molecule has 0 fully saturated rings. The summed E-state index contributed by atoms with van der Waals surface area (Å²) in [6.07, 6.45) is 0. The molecule has 376 valence electrons. The zero-order valence-electron chi connectivity index (χ0n) is 46.5. The first-order valence-corrected chi connectivity index (χ1v) is 27.3. The summed E-state index contributed by atoms with van der Waals surface area (Å²) in [4.78, 5) is 2.47. The van der Waals surface area contributed by atoms with E-state index in [-0.39, 0.29) is 21.7 Å². The molecule has 0 saturated heterocycles. The van der Waals surface area contributed by atoms with E-state index < -0.39 is 0 Å². The van der Waals surface area contributed by atoms with Gasteiger partial charge in [-0.05, 0) is 147 Å². The van der Waals surface area contributed by atoms with E-state index >= 15 is 0 Å². The second kappa shape index (κ2) is 17.8. The summed E-state index contributed by atoms with van der Waals surface area (Å²) in [7, 11) is 0. The van der Waals surface area contributed by atoms with Gasteiger partial charge in [-0.3, -0.25) is 0 Å². The van der Waals surface area contributed by atoms with E-state index in [0.29, 0.717) is 0 Å². The van der Waals surface area contributed by atoms with Crippen LogP contribution >= 0.6 is 0 Å². The molecule has 0 atom stereocenters. The van der Waals surface area contributed by atoms with Gasteiger partial charge in [-0.2, -0.15) is 0 Å². The van der Waals surface area contributed by atoms with E-state index in [1.54, 1.807) is 0 Å². The van der Waals surface area contributed by atoms with Crippen LogP contribution in [0.4, 0.5) is 17.1 Å². The SMILES string of the molecule is CC(C)(C)c1cc(-c2ccc(-c3ccc(N(c4ccc(-c5cc(C(C)(C)C)cc(C(C)(C)C)c5)cc4)c4ccc5ccc6c(-n7c8ccccc8c8ccccc87)ccc7ccc4c5c76)cc3)cc2)cc(C(C)(C)C)c1. The molecule has 0 N–H and O–H groups in total. The lowest BCUT2D eigenvalue weighted by molar-refractivity contribution is 0.568. The molecule has 0 aliphatic carbocycles. The van der Waals surface area contributed by atoms with Crippen molar-refractivity contribution in [1.29, 1.82) is 0 Å². The Hall–Kier alpha value is -7.94. The number of nitrogens with zero attached hydrogens (tertiary/aromatic N) is 2. The Morgan fingerprint density at radius 2 is 0.632 bits per heavy atom. The van der Waals surface area contributed by atoms with Crippen LogP contribution < -0.4 is 4.90 Å². The Kier molecular flexibility index (Phi) is 11.5. The van der Waals surface area contributed by atoms with E-state index in [0.717, 1.165) is 17.1 Å². The standard InChI is InChI=1S/C74H70N2/c1-71(2,3)55-41-53(42-56(45-55)72(4,5)6)49-23-21-47(22-24-49)48-25-33-59(34-26-48)75(60-35-27-50(28-36-60)54-43-57(73(7,8)9)46-58(44-54)74(10,11)12)67-39-31-51-30-38-64-68(40-32-52-29-37-63(67)69(51)70(52)64)76-65-19-15-13-17-61(65)62-18-14-16-20-66(62)76/h13-46H,1-12H3. The van der Waals surface area contributed by atoms with Gasteiger partial charge in [0.15, 0.2) is 0 Å². The third-order valence-electron chi connectivity index (χ3n) is 16.1. The lowest BCUT2D eigenvalue weighted by Gasteiger charge is -2.28. The fourth-order valence-electron chi connectivity index (χ4n) is 11.6. The molecule has 0 spiro atoms. The molecular formula is C74H70N2. The lowest BCUT2D eigenvalue weighted by atomic mass is 9.79. The highest BCUT2D eigenvalue weighted by molar-refractivity contribution is 6.27. The molecule has 0 saturated carbocycles. The summed E-state index contributed by atoms with van der Waals surface area (Å²) in [5, 5.41) is 10.0. The molecule has 1 heterocycles. The van der Waals surface area contributed by atoms with Gasteiger partial charge >= 0.3 is 0 Å². The molecule has 76 heavy (non-hydrogen) atoms. The van der Waals surface area contributed by atoms with Crippen molar-refractivity contribution < 1.29 is 0 Å². The first kappa shape index (κ1) is 49.0. The van der Waals surface area contributed by atoms with E-state index in [4.69, 9.17) is 0 Å². The molecule has 0 aliphatic heterocycles. The maximum Gasteiger partial charge on any atom is 0.0541 e. The topological polar surface area (TPSA) is 8.17 Å². The Balaban J connectivity index is 0.995. The average Bonchev–Trinajstić information content (AvgIpc) is 3.86. The second-order valence-corrected chi connectivity index (χ2v) is 25.6. The predicted octanol–water partition coefficient (Wildman–Crippen LogP) is 21.3. The summed E-state index contributed by atoms with van der Waals surface area (Å²) in [5.74, 6) is 0. The van der Waals surface area contributed by atoms with Crippen LogP contribution in [0.1, 0.15) is 105 Å². The van der Waals surface area contributed by atoms with Crippen molar-refractivity contribution in [2.24, 2.45) is 0 Å². The van der Waals surface area contributed by atoms with Gasteiger partial charge in [0.1, 0.15) is 0 Å². The smallest absolute Gasteiger partial charge is 0.0541 e. The zero-order valence-corrected chi connectivity index (χ0v) is 46.5. The van der Waals surface area contributed by atoms with E-state index in [1.165, 1.54) is 115 Å². The fraction of sp³-hybridized carbons (Fsp3) is 0.216. The van der Waals surface area contributed by atoms with Crippen molar-refractivity contribution in [3.8, 4) is 39.1 Å². The van der Waals surface area contributed by atoms with Gasteiger partial charge in [0.05, 0.1) is 22.4 Å². The molecule has 12 aromatic rings. The van der Waals surface area contributed by atoms with Crippen LogP contribution in [0.3, 0.4) is 0 Å². The minimum Gasteiger partial charge on any atom is -0.310 e. The molecule has 2 nitrogen and oxygen atoms in total. The van der Waals surface area contributed by atoms with Gasteiger partial charge in [-0.1, -0.05) is 241 Å². The van der Waals surface area contributed by atoms with Crippen LogP contribution in [0.25, 0.3) is 93.2 Å². The Morgan fingerprint density at radius 3 is 1.05 bits per heavy atom. The Morgan fingerprint density at radius 1 is 0.289 bits per heavy atom. The maximum absolute atomic E-state index is 2.47. The highest BCUT2D eigenvalue weighted by Gasteiger charge is 2.25. The van der Waals surface area contributed by atoms with Crippen molar-refractivity contribution in [3.05, 3.63) is 229 Å². The second-order valence-electron chi connectivity index (χ2n) is 25.6. The van der Waals surface area contributed by atoms with Crippen molar-refractivity contribution >= 4 is 71.2 Å². The van der Waals surface area contributed by atoms with E-state index in [2.05, 4.69) is 299 Å². The predicted molar refractivity (Wildman–Crippen MR) is 330 cm³/mol. The van der Waals surface area contributed by atoms with Crippen LogP contribution in [-0.4, -0.2) is 4.57 Å². The van der Waals surface area contributed by atoms with Crippen molar-refractivity contribution in [2.75, 3.05) is 4.90 Å². The van der Waals surface area contributed by atoms with Crippen LogP contribution in [0.2, 0.25) is 0 Å². The quantitative estimate of drug-likeness (QED) is 0.145. The number of anilines is 3. The minimum absolute atomic E-state index is 0.0222. The molecular weight excluding hydrogens is 917 g/mol. The summed E-state index contributed by atoms with van der Waals surface area (Å²) in [5.41, 5.74) is 19.9. The molecule has 1 aromatic heterocycles. The maximum atomic E-state index is 2.47. The number of benzene rings is 11. The first-order valence-electron chi connectivity index (χ1n) is 27.3. The number of fused-ring (bicyclic) bond motifs is 3. The molecule has 11 aromatic carbocycles. The average molecular weight is 987 g/mol. The normalized spacial score (nSPS) is 12.7. The monoisotopic (exact) mass is 987 g/mol. The Labute approximate surface area is 450 Å². The van der Waals surface area contributed by atoms with E-state index in [1.807, 2.05) is 0 Å². The van der Waals surface area contributed by atoms with Crippen molar-refractivity contribution in [3.63, 3.8) is 0 Å². The molecule has 0 amide bonds. The largest absolute Gasteiger partial charge is 0.310 e. The van der Waals surface area contributed by atoms with E-state index in [9.17, 15) is 0 Å². The van der Waals surface area contributed by atoms with Gasteiger partial charge in [-0.15, -0.1) is 0 Å². The lowest BCUT2D eigenvalue weighted by Crippen LogP contribution is -2.16. The van der Waals surface area contributed by atoms with Gasteiger partial charge in [0.25, 0.3) is 0 Å². The van der Waals surface area contributed by atoms with Crippen LogP contribution in [0, 0.1) is 0 Å². The number of rotatable bonds is 7. The summed E-state index contributed by atoms with van der Waals surface area (Å²) < 4.78 is 2.47. The van der Waals surface area contributed by atoms with Crippen LogP contribution in [0.5, 0.6) is 0 Å². The molecule has 0 bridgehead atoms. The highest BCUT2D eigenvalue weighted by atomic mass is 15.1. The van der Waals surface area contributed by atoms with Gasteiger partial charge in [-0.25, -0.2) is 0 Å². The molecule has 0 unspecified atom stereocenters. The van der Waals surface area contributed by atoms with Crippen LogP contribution in [-0.2, 0) is 21.7 Å². The summed E-state index contributed by atoms with van der Waals surface area (Å²) in [6.45, 7) is 27.8. The van der Waals surface area contributed by atoms with Gasteiger partial charge < -0.3 is 9.47 Å². The minimum atomic E-state index is 0.0222. The van der Waals surface area contributed by atoms with Crippen molar-refractivity contribution in [1.82, 2.24) is 4.57 Å². The Bertz CT molecular complexity index is 4040. The number of hydrogen-bond acceptors (Lipinski definition) is 1. The summed E-state index contributed by atoms with van der Waals surface area (Å²) >= 11 is 0. The molecule has 0 aliphatic rings. The number of para-hydroxylation sites is 2. The molecule has 0 radical (unpaired) electrons. The molecule has 2 heteroatoms. The number of hydrogen-bond donors (Lipinski definition) is 0. The highest BCUT2D eigenvalue weighted by Crippen LogP contribution is 2.47. The number of aromatic nitrogens is 1. The third kappa shape index (κ3) is 8.62. The van der Waals surface area contributed by atoms with Gasteiger partial charge in [0, 0.05) is 32.9 Å². The summed E-state index contributed by atoms with van der Waals surface area (Å²) in [6, 6.07) is 78.3. The fourth-order valence-corrected chi connectivity index (χ4v) is 11.6.